The molecule has 0 unspecified atom stereocenters. The lowest BCUT2D eigenvalue weighted by molar-refractivity contribution is -0.826. The van der Waals surface area contributed by atoms with E-state index in [1.165, 1.54) is 35.3 Å². The number of nitro groups is 1. The number of carbonyl (C=O) groups excluding carboxylic acids is 2. The zero-order chi connectivity index (χ0) is 24.1. The zero-order valence-electron chi connectivity index (χ0n) is 17.3. The maximum atomic E-state index is 13.7. The van der Waals surface area contributed by atoms with Gasteiger partial charge in [0.25, 0.3) is 0 Å². The fourth-order valence-corrected chi connectivity index (χ4v) is 3.41. The predicted octanol–water partition coefficient (Wildman–Crippen LogP) is 2.91. The van der Waals surface area contributed by atoms with Crippen molar-refractivity contribution in [1.82, 2.24) is 4.90 Å². The minimum Gasteiger partial charge on any atom is -0.334 e. The lowest BCUT2D eigenvalue weighted by atomic mass is 9.98. The number of hydrogen-bond donors (Lipinski definition) is 2. The van der Waals surface area contributed by atoms with Crippen LogP contribution in [0.25, 0.3) is 12.2 Å². The number of carbonyl (C=O) groups is 2. The lowest BCUT2D eigenvalue weighted by Gasteiger charge is -2.18. The molecular weight excluding hydrogens is 436 g/mol. The van der Waals surface area contributed by atoms with Crippen molar-refractivity contribution in [2.45, 2.75) is 6.42 Å². The topological polar surface area (TPSA) is 117 Å². The second kappa shape index (κ2) is 10.1. The van der Waals surface area contributed by atoms with Crippen LogP contribution in [0.2, 0.25) is 0 Å². The molecule has 3 rings (SSSR count). The molecule has 33 heavy (non-hydrogen) atoms. The van der Waals surface area contributed by atoms with Gasteiger partial charge >= 0.3 is 5.69 Å². The summed E-state index contributed by atoms with van der Waals surface area (Å²) in [5.74, 6) is -2.45. The van der Waals surface area contributed by atoms with Gasteiger partial charge in [-0.05, 0) is 47.9 Å². The molecule has 1 saturated heterocycles. The summed E-state index contributed by atoms with van der Waals surface area (Å²) in [4.78, 5) is 37.1. The van der Waals surface area contributed by atoms with E-state index in [0.717, 1.165) is 24.3 Å². The fourth-order valence-electron chi connectivity index (χ4n) is 3.41. The molecule has 3 N–H and O–H groups in total. The van der Waals surface area contributed by atoms with Gasteiger partial charge in [-0.2, -0.15) is 9.87 Å². The third kappa shape index (κ3) is 5.43. The van der Waals surface area contributed by atoms with E-state index in [-0.39, 0.29) is 41.9 Å². The Hall–Kier alpha value is -4.02. The standard InChI is InChI=1S/C23H19F2N3O5/c1-2-22(29)27-8-7-16(9-15-4-6-19(25)21(12-15)28(32)33)23(30)17(13-27)10-14-3-5-18(24)20(11-14)26-31/h2-6,9-12,26,31H,1,7-8,13H2/p+1. The molecule has 0 bridgehead atoms. The second-order valence-electron chi connectivity index (χ2n) is 7.26. The Balaban J connectivity index is 2.06. The van der Waals surface area contributed by atoms with Crippen molar-refractivity contribution < 1.29 is 34.0 Å². The molecule has 1 aliphatic heterocycles. The minimum absolute atomic E-state index is 0.0415. The van der Waals surface area contributed by atoms with Crippen molar-refractivity contribution in [1.29, 1.82) is 0 Å². The van der Waals surface area contributed by atoms with Gasteiger partial charge in [0.1, 0.15) is 0 Å². The zero-order valence-corrected chi connectivity index (χ0v) is 17.3. The van der Waals surface area contributed by atoms with Gasteiger partial charge in [-0.3, -0.25) is 19.7 Å². The van der Waals surface area contributed by atoms with E-state index in [9.17, 15) is 33.7 Å². The lowest BCUT2D eigenvalue weighted by Crippen LogP contribution is -2.74. The van der Waals surface area contributed by atoms with Gasteiger partial charge in [0.15, 0.2) is 17.3 Å². The Morgan fingerprint density at radius 1 is 1.12 bits per heavy atom. The molecule has 0 saturated carbocycles. The van der Waals surface area contributed by atoms with Crippen molar-refractivity contribution in [3.05, 3.63) is 93.1 Å². The molecule has 0 aromatic heterocycles. The number of nitrogens with two attached hydrogens (primary N) is 1. The van der Waals surface area contributed by atoms with Crippen LogP contribution in [0.1, 0.15) is 17.5 Å². The number of nitro benzene ring substituents is 1. The number of nitrogens with zero attached hydrogens (tertiary/aromatic N) is 2. The number of hydrogen-bond acceptors (Lipinski definition) is 5. The van der Waals surface area contributed by atoms with Gasteiger partial charge in [-0.15, -0.1) is 0 Å². The van der Waals surface area contributed by atoms with Crippen molar-refractivity contribution >= 4 is 35.2 Å². The summed E-state index contributed by atoms with van der Waals surface area (Å²) in [6.07, 6.45) is 4.17. The maximum Gasteiger partial charge on any atom is 0.305 e. The Bertz CT molecular complexity index is 1210. The molecule has 0 radical (unpaired) electrons. The number of amides is 1. The maximum absolute atomic E-state index is 13.7. The van der Waals surface area contributed by atoms with E-state index in [4.69, 9.17) is 0 Å². The van der Waals surface area contributed by atoms with E-state index >= 15 is 0 Å². The first kappa shape index (κ1) is 23.6. The monoisotopic (exact) mass is 456 g/mol. The van der Waals surface area contributed by atoms with Crippen molar-refractivity contribution in [3.8, 4) is 0 Å². The molecule has 0 atom stereocenters. The van der Waals surface area contributed by atoms with Crippen molar-refractivity contribution in [2.24, 2.45) is 0 Å². The van der Waals surface area contributed by atoms with Crippen LogP contribution in [-0.4, -0.2) is 39.8 Å². The highest BCUT2D eigenvalue weighted by molar-refractivity contribution is 6.14. The Labute approximate surface area is 187 Å². The molecule has 10 heteroatoms. The van der Waals surface area contributed by atoms with Crippen LogP contribution in [-0.2, 0) is 9.59 Å². The summed E-state index contributed by atoms with van der Waals surface area (Å²) >= 11 is 0. The average molecular weight is 456 g/mol. The van der Waals surface area contributed by atoms with Gasteiger partial charge in [-0.1, -0.05) is 18.7 Å². The first-order valence-corrected chi connectivity index (χ1v) is 9.81. The molecule has 0 spiro atoms. The number of halogens is 2. The minimum atomic E-state index is -0.995. The molecule has 1 aliphatic rings. The third-order valence-corrected chi connectivity index (χ3v) is 5.09. The van der Waals surface area contributed by atoms with E-state index in [1.54, 1.807) is 0 Å². The summed E-state index contributed by atoms with van der Waals surface area (Å²) < 4.78 is 27.4. The first-order valence-electron chi connectivity index (χ1n) is 9.81. The Morgan fingerprint density at radius 2 is 1.76 bits per heavy atom. The van der Waals surface area contributed by atoms with Crippen LogP contribution >= 0.6 is 0 Å². The summed E-state index contributed by atoms with van der Waals surface area (Å²) in [7, 11) is 0. The predicted molar refractivity (Wildman–Crippen MR) is 115 cm³/mol. The van der Waals surface area contributed by atoms with Crippen molar-refractivity contribution in [3.63, 3.8) is 0 Å². The van der Waals surface area contributed by atoms with Crippen LogP contribution in [0.5, 0.6) is 0 Å². The summed E-state index contributed by atoms with van der Waals surface area (Å²) in [6.45, 7) is 3.61. The largest absolute Gasteiger partial charge is 0.334 e. The Morgan fingerprint density at radius 3 is 2.39 bits per heavy atom. The normalized spacial score (nSPS) is 16.7. The third-order valence-electron chi connectivity index (χ3n) is 5.09. The van der Waals surface area contributed by atoms with Crippen LogP contribution in [0.4, 0.5) is 20.2 Å². The molecule has 1 amide bonds. The first-order chi connectivity index (χ1) is 15.7. The fraction of sp³-hybridized carbons (Fsp3) is 0.130. The number of Topliss-reactive ketones (excluding diaryl/α,β-unsaturated/α-hetero) is 1. The number of ketones is 1. The SMILES string of the molecule is C=CC(=O)N1CCC(=Cc2ccc(F)c([N+](=O)[O-])c2)C(=O)C(=Cc2ccc(F)c([NH2+]O)c2)C1. The molecule has 1 heterocycles. The highest BCUT2D eigenvalue weighted by Crippen LogP contribution is 2.26. The van der Waals surface area contributed by atoms with Gasteiger partial charge in [-0.25, -0.2) is 9.60 Å². The second-order valence-corrected chi connectivity index (χ2v) is 7.26. The molecule has 2 aromatic rings. The molecular formula is C23H20F2N3O5+. The van der Waals surface area contributed by atoms with Crippen molar-refractivity contribution in [2.75, 3.05) is 13.1 Å². The van der Waals surface area contributed by atoms with E-state index < -0.39 is 33.9 Å². The molecule has 0 aliphatic carbocycles. The summed E-state index contributed by atoms with van der Waals surface area (Å²) in [5, 5.41) is 20.2. The van der Waals surface area contributed by atoms with Crippen LogP contribution in [0, 0.1) is 21.7 Å². The van der Waals surface area contributed by atoms with Gasteiger partial charge in [0, 0.05) is 36.4 Å². The number of rotatable bonds is 5. The van der Waals surface area contributed by atoms with Crippen LogP contribution < -0.4 is 5.48 Å². The summed E-state index contributed by atoms with van der Waals surface area (Å²) in [6, 6.07) is 7.18. The van der Waals surface area contributed by atoms with E-state index in [0.29, 0.717) is 11.0 Å². The van der Waals surface area contributed by atoms with E-state index in [2.05, 4.69) is 6.58 Å². The Kier molecular flexibility index (Phi) is 7.21. The smallest absolute Gasteiger partial charge is 0.305 e. The molecule has 170 valence electrons. The van der Waals surface area contributed by atoms with E-state index in [1.807, 2.05) is 0 Å². The van der Waals surface area contributed by atoms with Crippen LogP contribution in [0.3, 0.4) is 0 Å². The highest BCUT2D eigenvalue weighted by atomic mass is 19.1. The number of quaternary nitrogens is 1. The molecule has 1 fully saturated rings. The summed E-state index contributed by atoms with van der Waals surface area (Å²) in [5.41, 5.74) is 0.964. The number of benzene rings is 2. The number of likely N-dealkylation sites (tertiary alicyclic amines) is 1. The molecule has 2 aromatic carbocycles. The quantitative estimate of drug-likeness (QED) is 0.311. The highest BCUT2D eigenvalue weighted by Gasteiger charge is 2.26. The van der Waals surface area contributed by atoms with Crippen LogP contribution in [0.15, 0.2) is 60.2 Å². The van der Waals surface area contributed by atoms with Gasteiger partial charge < -0.3 is 4.90 Å². The average Bonchev–Trinajstić information content (AvgIpc) is 2.95. The molecule has 8 nitrogen and oxygen atoms in total. The van der Waals surface area contributed by atoms with Gasteiger partial charge in [0.2, 0.25) is 11.7 Å². The van der Waals surface area contributed by atoms with Gasteiger partial charge in [0.05, 0.1) is 4.92 Å².